The van der Waals surface area contributed by atoms with Crippen molar-refractivity contribution >= 4 is 17.5 Å². The zero-order valence-corrected chi connectivity index (χ0v) is 12.3. The van der Waals surface area contributed by atoms with Crippen LogP contribution in [0.5, 0.6) is 0 Å². The number of nitrogens with one attached hydrogen (secondary N) is 2. The SMILES string of the molecule is COCCNC(=O)C(C)N[C@@H](C)c1ccccc1Cl. The van der Waals surface area contributed by atoms with Crippen LogP contribution in [-0.2, 0) is 9.53 Å². The number of halogens is 1. The van der Waals surface area contributed by atoms with E-state index in [9.17, 15) is 4.79 Å². The van der Waals surface area contributed by atoms with Crippen molar-refractivity contribution in [1.82, 2.24) is 10.6 Å². The number of rotatable bonds is 7. The Morgan fingerprint density at radius 2 is 2.05 bits per heavy atom. The van der Waals surface area contributed by atoms with E-state index in [-0.39, 0.29) is 18.0 Å². The minimum Gasteiger partial charge on any atom is -0.383 e. The molecule has 0 aliphatic carbocycles. The Hall–Kier alpha value is -1.10. The Labute approximate surface area is 119 Å². The van der Waals surface area contributed by atoms with Crippen LogP contribution in [-0.4, -0.2) is 32.2 Å². The van der Waals surface area contributed by atoms with Crippen LogP contribution in [0.4, 0.5) is 0 Å². The van der Waals surface area contributed by atoms with Gasteiger partial charge in [-0.15, -0.1) is 0 Å². The summed E-state index contributed by atoms with van der Waals surface area (Å²) in [6, 6.07) is 7.34. The molecule has 1 aromatic rings. The van der Waals surface area contributed by atoms with Gasteiger partial charge in [-0.1, -0.05) is 29.8 Å². The number of carbonyl (C=O) groups is 1. The van der Waals surface area contributed by atoms with Crippen LogP contribution in [0.3, 0.4) is 0 Å². The molecule has 0 aliphatic heterocycles. The summed E-state index contributed by atoms with van der Waals surface area (Å²) in [5.41, 5.74) is 0.987. The zero-order chi connectivity index (χ0) is 14.3. The second kappa shape index (κ2) is 8.15. The summed E-state index contributed by atoms with van der Waals surface area (Å²) < 4.78 is 4.89. The van der Waals surface area contributed by atoms with Crippen LogP contribution in [0.2, 0.25) is 5.02 Å². The molecule has 1 rings (SSSR count). The molecule has 0 spiro atoms. The summed E-state index contributed by atoms with van der Waals surface area (Å²) >= 11 is 6.13. The average molecular weight is 285 g/mol. The van der Waals surface area contributed by atoms with E-state index in [4.69, 9.17) is 16.3 Å². The smallest absolute Gasteiger partial charge is 0.236 e. The maximum Gasteiger partial charge on any atom is 0.236 e. The monoisotopic (exact) mass is 284 g/mol. The van der Waals surface area contributed by atoms with Crippen LogP contribution in [0.1, 0.15) is 25.5 Å². The molecule has 0 aliphatic rings. The maximum absolute atomic E-state index is 11.8. The van der Waals surface area contributed by atoms with Gasteiger partial charge in [0.25, 0.3) is 0 Å². The Kier molecular flexibility index (Phi) is 6.84. The van der Waals surface area contributed by atoms with Gasteiger partial charge in [-0.3, -0.25) is 10.1 Å². The number of hydrogen-bond donors (Lipinski definition) is 2. The molecule has 0 bridgehead atoms. The summed E-state index contributed by atoms with van der Waals surface area (Å²) in [4.78, 5) is 11.8. The number of ether oxygens (including phenoxy) is 1. The molecule has 2 atom stereocenters. The van der Waals surface area contributed by atoms with Crippen LogP contribution in [0.25, 0.3) is 0 Å². The third-order valence-electron chi connectivity index (χ3n) is 2.87. The topological polar surface area (TPSA) is 50.4 Å². The molecule has 0 aromatic heterocycles. The van der Waals surface area contributed by atoms with E-state index in [0.29, 0.717) is 18.2 Å². The number of amides is 1. The Morgan fingerprint density at radius 1 is 1.37 bits per heavy atom. The van der Waals surface area contributed by atoms with E-state index in [1.54, 1.807) is 7.11 Å². The predicted octanol–water partition coefficient (Wildman–Crippen LogP) is 2.14. The van der Waals surface area contributed by atoms with E-state index in [1.165, 1.54) is 0 Å². The number of benzene rings is 1. The normalized spacial score (nSPS) is 13.9. The van der Waals surface area contributed by atoms with Crippen LogP contribution in [0.15, 0.2) is 24.3 Å². The largest absolute Gasteiger partial charge is 0.383 e. The third kappa shape index (κ3) is 5.19. The van der Waals surface area contributed by atoms with Crippen LogP contribution in [0, 0.1) is 0 Å². The van der Waals surface area contributed by atoms with Crippen molar-refractivity contribution < 1.29 is 9.53 Å². The first-order valence-corrected chi connectivity index (χ1v) is 6.71. The van der Waals surface area contributed by atoms with Crippen LogP contribution < -0.4 is 10.6 Å². The molecule has 1 aromatic carbocycles. The first kappa shape index (κ1) is 16.0. The van der Waals surface area contributed by atoms with Crippen molar-refractivity contribution in [3.05, 3.63) is 34.9 Å². The highest BCUT2D eigenvalue weighted by Crippen LogP contribution is 2.22. The Balaban J connectivity index is 2.50. The standard InChI is InChI=1S/C14H21ClN2O2/c1-10(12-6-4-5-7-13(12)15)17-11(2)14(18)16-8-9-19-3/h4-7,10-11,17H,8-9H2,1-3H3,(H,16,18)/t10-,11?/m0/s1. The molecule has 1 amide bonds. The van der Waals surface area contributed by atoms with Gasteiger partial charge >= 0.3 is 0 Å². The minimum absolute atomic E-state index is 0.0110. The second-order valence-electron chi connectivity index (χ2n) is 4.42. The number of hydrogen-bond acceptors (Lipinski definition) is 3. The van der Waals surface area contributed by atoms with Gasteiger partial charge in [0.1, 0.15) is 0 Å². The maximum atomic E-state index is 11.8. The molecule has 5 heteroatoms. The molecule has 2 N–H and O–H groups in total. The summed E-state index contributed by atoms with van der Waals surface area (Å²) in [5, 5.41) is 6.72. The highest BCUT2D eigenvalue weighted by atomic mass is 35.5. The molecule has 19 heavy (non-hydrogen) atoms. The van der Waals surface area contributed by atoms with Crippen molar-refractivity contribution in [2.75, 3.05) is 20.3 Å². The summed E-state index contributed by atoms with van der Waals surface area (Å²) in [7, 11) is 1.60. The lowest BCUT2D eigenvalue weighted by Gasteiger charge is -2.20. The Bertz CT molecular complexity index is 412. The fourth-order valence-corrected chi connectivity index (χ4v) is 2.10. The van der Waals surface area contributed by atoms with Crippen molar-refractivity contribution in [1.29, 1.82) is 0 Å². The van der Waals surface area contributed by atoms with Crippen molar-refractivity contribution in [3.63, 3.8) is 0 Å². The van der Waals surface area contributed by atoms with E-state index in [2.05, 4.69) is 10.6 Å². The number of carbonyl (C=O) groups excluding carboxylic acids is 1. The molecule has 1 unspecified atom stereocenters. The van der Waals surface area contributed by atoms with Gasteiger partial charge in [0.05, 0.1) is 12.6 Å². The van der Waals surface area contributed by atoms with Gasteiger partial charge in [-0.05, 0) is 25.5 Å². The molecule has 4 nitrogen and oxygen atoms in total. The van der Waals surface area contributed by atoms with Crippen molar-refractivity contribution in [2.45, 2.75) is 25.9 Å². The predicted molar refractivity (Wildman–Crippen MR) is 77.4 cm³/mol. The van der Waals surface area contributed by atoms with E-state index < -0.39 is 0 Å². The lowest BCUT2D eigenvalue weighted by atomic mass is 10.1. The molecule has 0 fully saturated rings. The summed E-state index contributed by atoms with van der Waals surface area (Å²) in [6.07, 6.45) is 0. The first-order chi connectivity index (χ1) is 9.06. The summed E-state index contributed by atoms with van der Waals surface area (Å²) in [5.74, 6) is -0.0454. The van der Waals surface area contributed by atoms with Gasteiger partial charge in [-0.25, -0.2) is 0 Å². The molecule has 0 saturated carbocycles. The number of methoxy groups -OCH3 is 1. The molecule has 0 heterocycles. The van der Waals surface area contributed by atoms with E-state index in [0.717, 1.165) is 5.56 Å². The van der Waals surface area contributed by atoms with Gasteiger partial charge in [0, 0.05) is 24.7 Å². The Morgan fingerprint density at radius 3 is 2.68 bits per heavy atom. The van der Waals surface area contributed by atoms with Crippen molar-refractivity contribution in [3.8, 4) is 0 Å². The molecule has 0 radical (unpaired) electrons. The van der Waals surface area contributed by atoms with Gasteiger partial charge < -0.3 is 10.1 Å². The average Bonchev–Trinajstić information content (AvgIpc) is 2.39. The van der Waals surface area contributed by atoms with Crippen LogP contribution >= 0.6 is 11.6 Å². The third-order valence-corrected chi connectivity index (χ3v) is 3.21. The minimum atomic E-state index is -0.289. The highest BCUT2D eigenvalue weighted by Gasteiger charge is 2.17. The fraction of sp³-hybridized carbons (Fsp3) is 0.500. The van der Waals surface area contributed by atoms with Gasteiger partial charge in [0.15, 0.2) is 0 Å². The van der Waals surface area contributed by atoms with Crippen molar-refractivity contribution in [2.24, 2.45) is 0 Å². The van der Waals surface area contributed by atoms with Gasteiger partial charge in [-0.2, -0.15) is 0 Å². The fourth-order valence-electron chi connectivity index (χ4n) is 1.80. The first-order valence-electron chi connectivity index (χ1n) is 6.33. The highest BCUT2D eigenvalue weighted by molar-refractivity contribution is 6.31. The summed E-state index contributed by atoms with van der Waals surface area (Å²) in [6.45, 7) is 4.84. The zero-order valence-electron chi connectivity index (χ0n) is 11.6. The second-order valence-corrected chi connectivity index (χ2v) is 4.82. The molecule has 0 saturated heterocycles. The lowest BCUT2D eigenvalue weighted by molar-refractivity contribution is -0.123. The van der Waals surface area contributed by atoms with E-state index in [1.807, 2.05) is 38.1 Å². The molecular formula is C14H21ClN2O2. The van der Waals surface area contributed by atoms with Gasteiger partial charge in [0.2, 0.25) is 5.91 Å². The molecule has 106 valence electrons. The molecular weight excluding hydrogens is 264 g/mol. The quantitative estimate of drug-likeness (QED) is 0.754. The van der Waals surface area contributed by atoms with E-state index >= 15 is 0 Å². The lowest BCUT2D eigenvalue weighted by Crippen LogP contribution is -2.44.